The van der Waals surface area contributed by atoms with Crippen LogP contribution in [0, 0.1) is 0 Å². The van der Waals surface area contributed by atoms with Crippen molar-refractivity contribution in [3.05, 3.63) is 34.9 Å². The summed E-state index contributed by atoms with van der Waals surface area (Å²) in [4.78, 5) is 0. The van der Waals surface area contributed by atoms with Crippen LogP contribution in [-0.4, -0.2) is 19.9 Å². The number of halogens is 1. The predicted octanol–water partition coefficient (Wildman–Crippen LogP) is 2.24. The van der Waals surface area contributed by atoms with Crippen molar-refractivity contribution in [3.63, 3.8) is 0 Å². The number of hydrogen-bond acceptors (Lipinski definition) is 2. The highest BCUT2D eigenvalue weighted by molar-refractivity contribution is 7.91. The Bertz CT molecular complexity index is 453. The van der Waals surface area contributed by atoms with Crippen LogP contribution in [0.3, 0.4) is 0 Å². The standard InChI is InChI=1S/C10H11ClO2S/c1-14(12,13)10-6-9(10)7-3-2-4-8(11)5-7/h2-5,9-10H,6H2,1H3. The van der Waals surface area contributed by atoms with Gasteiger partial charge in [-0.15, -0.1) is 0 Å². The molecule has 0 amide bonds. The molecule has 1 aromatic carbocycles. The average molecular weight is 231 g/mol. The van der Waals surface area contributed by atoms with Crippen molar-refractivity contribution in [3.8, 4) is 0 Å². The SMILES string of the molecule is CS(=O)(=O)C1CC1c1cccc(Cl)c1. The van der Waals surface area contributed by atoms with Crippen molar-refractivity contribution in [2.75, 3.05) is 6.26 Å². The summed E-state index contributed by atoms with van der Waals surface area (Å²) >= 11 is 5.83. The molecule has 0 aliphatic heterocycles. The number of sulfone groups is 1. The Balaban J connectivity index is 2.22. The Kier molecular flexibility index (Phi) is 2.32. The van der Waals surface area contributed by atoms with Gasteiger partial charge in [-0.05, 0) is 24.1 Å². The van der Waals surface area contributed by atoms with Gasteiger partial charge < -0.3 is 0 Å². The molecule has 4 heteroatoms. The van der Waals surface area contributed by atoms with Gasteiger partial charge >= 0.3 is 0 Å². The van der Waals surface area contributed by atoms with Crippen LogP contribution >= 0.6 is 11.6 Å². The first-order valence-corrected chi connectivity index (χ1v) is 6.76. The molecule has 2 rings (SSSR count). The maximum Gasteiger partial charge on any atom is 0.150 e. The first-order chi connectivity index (χ1) is 6.48. The van der Waals surface area contributed by atoms with Gasteiger partial charge in [-0.1, -0.05) is 23.7 Å². The summed E-state index contributed by atoms with van der Waals surface area (Å²) in [5, 5.41) is 0.475. The fourth-order valence-corrected chi connectivity index (χ4v) is 3.24. The molecule has 0 bridgehead atoms. The largest absolute Gasteiger partial charge is 0.229 e. The smallest absolute Gasteiger partial charge is 0.150 e. The maximum atomic E-state index is 11.2. The first kappa shape index (κ1) is 9.99. The highest BCUT2D eigenvalue weighted by Crippen LogP contribution is 2.45. The molecule has 1 aliphatic carbocycles. The van der Waals surface area contributed by atoms with Gasteiger partial charge in [0.1, 0.15) is 0 Å². The van der Waals surface area contributed by atoms with Crippen LogP contribution in [0.2, 0.25) is 5.02 Å². The van der Waals surface area contributed by atoms with Gasteiger partial charge in [-0.3, -0.25) is 0 Å². The molecular weight excluding hydrogens is 220 g/mol. The number of benzene rings is 1. The van der Waals surface area contributed by atoms with Gasteiger partial charge in [0.25, 0.3) is 0 Å². The fourth-order valence-electron chi connectivity index (χ4n) is 1.73. The quantitative estimate of drug-likeness (QED) is 0.781. The van der Waals surface area contributed by atoms with Crippen LogP contribution in [0.25, 0.3) is 0 Å². The van der Waals surface area contributed by atoms with Crippen molar-refractivity contribution in [2.45, 2.75) is 17.6 Å². The van der Waals surface area contributed by atoms with E-state index < -0.39 is 9.84 Å². The molecule has 0 radical (unpaired) electrons. The zero-order valence-electron chi connectivity index (χ0n) is 7.77. The second-order valence-electron chi connectivity index (χ2n) is 3.77. The average Bonchev–Trinajstić information content (AvgIpc) is 2.81. The molecule has 0 heterocycles. The van der Waals surface area contributed by atoms with Crippen LogP contribution < -0.4 is 0 Å². The molecule has 2 nitrogen and oxygen atoms in total. The zero-order chi connectivity index (χ0) is 10.3. The minimum absolute atomic E-state index is 0.156. The highest BCUT2D eigenvalue weighted by Gasteiger charge is 2.45. The van der Waals surface area contributed by atoms with E-state index in [0.29, 0.717) is 5.02 Å². The number of rotatable bonds is 2. The van der Waals surface area contributed by atoms with Crippen molar-refractivity contribution >= 4 is 21.4 Å². The third-order valence-electron chi connectivity index (χ3n) is 2.56. The third kappa shape index (κ3) is 1.93. The second-order valence-corrected chi connectivity index (χ2v) is 6.47. The zero-order valence-corrected chi connectivity index (χ0v) is 9.35. The summed E-state index contributed by atoms with van der Waals surface area (Å²) in [6, 6.07) is 7.43. The predicted molar refractivity (Wildman–Crippen MR) is 57.4 cm³/mol. The molecule has 1 aliphatic rings. The van der Waals surface area contributed by atoms with Crippen LogP contribution in [0.5, 0.6) is 0 Å². The van der Waals surface area contributed by atoms with Crippen molar-refractivity contribution in [1.82, 2.24) is 0 Å². The van der Waals surface area contributed by atoms with Crippen molar-refractivity contribution < 1.29 is 8.42 Å². The lowest BCUT2D eigenvalue weighted by atomic mass is 10.1. The highest BCUT2D eigenvalue weighted by atomic mass is 35.5. The van der Waals surface area contributed by atoms with E-state index in [1.807, 2.05) is 18.2 Å². The van der Waals surface area contributed by atoms with E-state index in [-0.39, 0.29) is 11.2 Å². The lowest BCUT2D eigenvalue weighted by Crippen LogP contribution is -2.04. The summed E-state index contributed by atoms with van der Waals surface area (Å²) in [6.07, 6.45) is 2.03. The van der Waals surface area contributed by atoms with Crippen LogP contribution in [0.1, 0.15) is 17.9 Å². The minimum Gasteiger partial charge on any atom is -0.229 e. The fraction of sp³-hybridized carbons (Fsp3) is 0.400. The normalized spacial score (nSPS) is 26.1. The Morgan fingerprint density at radius 3 is 2.64 bits per heavy atom. The van der Waals surface area contributed by atoms with Gasteiger partial charge in [0.2, 0.25) is 0 Å². The summed E-state index contributed by atoms with van der Waals surface area (Å²) in [5.74, 6) is 0.156. The van der Waals surface area contributed by atoms with Crippen LogP contribution in [0.15, 0.2) is 24.3 Å². The molecule has 1 aromatic rings. The Labute approximate surface area is 88.8 Å². The van der Waals surface area contributed by atoms with Gasteiger partial charge in [-0.25, -0.2) is 8.42 Å². The lowest BCUT2D eigenvalue weighted by molar-refractivity contribution is 0.600. The lowest BCUT2D eigenvalue weighted by Gasteiger charge is -1.99. The van der Waals surface area contributed by atoms with E-state index in [2.05, 4.69) is 0 Å². The van der Waals surface area contributed by atoms with Crippen LogP contribution in [0.4, 0.5) is 0 Å². The molecule has 14 heavy (non-hydrogen) atoms. The molecule has 1 fully saturated rings. The third-order valence-corrected chi connectivity index (χ3v) is 4.41. The Morgan fingerprint density at radius 1 is 1.43 bits per heavy atom. The molecule has 2 unspecified atom stereocenters. The van der Waals surface area contributed by atoms with Gasteiger partial charge in [0.15, 0.2) is 9.84 Å². The Morgan fingerprint density at radius 2 is 2.14 bits per heavy atom. The minimum atomic E-state index is -2.88. The molecule has 0 aromatic heterocycles. The van der Waals surface area contributed by atoms with E-state index in [1.165, 1.54) is 6.26 Å². The summed E-state index contributed by atoms with van der Waals surface area (Å²) in [6.45, 7) is 0. The van der Waals surface area contributed by atoms with E-state index in [4.69, 9.17) is 11.6 Å². The van der Waals surface area contributed by atoms with Gasteiger partial charge in [0.05, 0.1) is 5.25 Å². The van der Waals surface area contributed by atoms with E-state index in [9.17, 15) is 8.42 Å². The molecule has 2 atom stereocenters. The van der Waals surface area contributed by atoms with E-state index >= 15 is 0 Å². The summed E-state index contributed by atoms with van der Waals surface area (Å²) in [5.41, 5.74) is 1.04. The molecular formula is C10H11ClO2S. The molecule has 0 N–H and O–H groups in total. The van der Waals surface area contributed by atoms with Crippen molar-refractivity contribution in [1.29, 1.82) is 0 Å². The van der Waals surface area contributed by atoms with E-state index in [0.717, 1.165) is 12.0 Å². The molecule has 0 saturated heterocycles. The summed E-state index contributed by atoms with van der Waals surface area (Å²) in [7, 11) is -2.88. The van der Waals surface area contributed by atoms with Gasteiger partial charge in [0, 0.05) is 17.2 Å². The first-order valence-electron chi connectivity index (χ1n) is 4.43. The second kappa shape index (κ2) is 3.24. The monoisotopic (exact) mass is 230 g/mol. The maximum absolute atomic E-state index is 11.2. The van der Waals surface area contributed by atoms with Crippen molar-refractivity contribution in [2.24, 2.45) is 0 Å². The summed E-state index contributed by atoms with van der Waals surface area (Å²) < 4.78 is 22.5. The van der Waals surface area contributed by atoms with Crippen LogP contribution in [-0.2, 0) is 9.84 Å². The van der Waals surface area contributed by atoms with E-state index in [1.54, 1.807) is 6.07 Å². The molecule has 0 spiro atoms. The number of hydrogen-bond donors (Lipinski definition) is 0. The topological polar surface area (TPSA) is 34.1 Å². The Hall–Kier alpha value is -0.540. The molecule has 1 saturated carbocycles. The molecule has 76 valence electrons. The van der Waals surface area contributed by atoms with Gasteiger partial charge in [-0.2, -0.15) is 0 Å².